The summed E-state index contributed by atoms with van der Waals surface area (Å²) in [4.78, 5) is 10.5. The number of carboxylic acids is 1. The SMILES string of the molecule is O=C(O)c1ccc(Oc2cccc(Cl)c2F)nn1. The fraction of sp³-hybridized carbons (Fsp3) is 0. The van der Waals surface area contributed by atoms with Crippen molar-refractivity contribution in [3.8, 4) is 11.6 Å². The molecule has 0 bridgehead atoms. The van der Waals surface area contributed by atoms with Crippen LogP contribution in [0.2, 0.25) is 5.02 Å². The van der Waals surface area contributed by atoms with Gasteiger partial charge in [-0.25, -0.2) is 9.18 Å². The second-order valence-corrected chi connectivity index (χ2v) is 3.62. The summed E-state index contributed by atoms with van der Waals surface area (Å²) in [5.41, 5.74) is -0.228. The number of halogens is 2. The maximum Gasteiger partial charge on any atom is 0.356 e. The van der Waals surface area contributed by atoms with Crippen LogP contribution >= 0.6 is 11.6 Å². The molecule has 7 heteroatoms. The van der Waals surface area contributed by atoms with Gasteiger partial charge in [-0.15, -0.1) is 10.2 Å². The molecule has 1 heterocycles. The van der Waals surface area contributed by atoms with E-state index in [1.165, 1.54) is 30.3 Å². The Morgan fingerprint density at radius 2 is 2.06 bits per heavy atom. The number of aromatic nitrogens is 2. The number of benzene rings is 1. The van der Waals surface area contributed by atoms with Crippen molar-refractivity contribution >= 4 is 17.6 Å². The number of hydrogen-bond donors (Lipinski definition) is 1. The average molecular weight is 269 g/mol. The number of aromatic carboxylic acids is 1. The number of rotatable bonds is 3. The third-order valence-electron chi connectivity index (χ3n) is 1.99. The molecule has 92 valence electrons. The molecular weight excluding hydrogens is 263 g/mol. The fourth-order valence-electron chi connectivity index (χ4n) is 1.16. The summed E-state index contributed by atoms with van der Waals surface area (Å²) in [7, 11) is 0. The van der Waals surface area contributed by atoms with Crippen molar-refractivity contribution in [3.63, 3.8) is 0 Å². The molecule has 1 aromatic heterocycles. The van der Waals surface area contributed by atoms with E-state index in [4.69, 9.17) is 21.4 Å². The molecule has 0 saturated carbocycles. The second-order valence-electron chi connectivity index (χ2n) is 3.22. The molecule has 0 fully saturated rings. The van der Waals surface area contributed by atoms with Crippen molar-refractivity contribution in [1.29, 1.82) is 0 Å². The average Bonchev–Trinajstić information content (AvgIpc) is 2.36. The van der Waals surface area contributed by atoms with Crippen LogP contribution in [0.5, 0.6) is 11.6 Å². The van der Waals surface area contributed by atoms with Gasteiger partial charge in [0.1, 0.15) is 0 Å². The minimum Gasteiger partial charge on any atom is -0.476 e. The van der Waals surface area contributed by atoms with E-state index in [2.05, 4.69) is 10.2 Å². The van der Waals surface area contributed by atoms with Gasteiger partial charge >= 0.3 is 5.97 Å². The van der Waals surface area contributed by atoms with E-state index in [0.717, 1.165) is 0 Å². The molecule has 0 amide bonds. The van der Waals surface area contributed by atoms with Crippen LogP contribution in [-0.2, 0) is 0 Å². The van der Waals surface area contributed by atoms with E-state index < -0.39 is 11.8 Å². The van der Waals surface area contributed by atoms with E-state index in [0.29, 0.717) is 0 Å². The zero-order valence-corrected chi connectivity index (χ0v) is 9.56. The molecule has 0 atom stereocenters. The zero-order valence-electron chi connectivity index (χ0n) is 8.80. The van der Waals surface area contributed by atoms with E-state index in [1.54, 1.807) is 0 Å². The maximum absolute atomic E-state index is 13.5. The second kappa shape index (κ2) is 4.97. The van der Waals surface area contributed by atoms with Gasteiger partial charge < -0.3 is 9.84 Å². The Kier molecular flexibility index (Phi) is 3.38. The van der Waals surface area contributed by atoms with Gasteiger partial charge in [0.15, 0.2) is 17.3 Å². The molecule has 1 N–H and O–H groups in total. The lowest BCUT2D eigenvalue weighted by molar-refractivity contribution is 0.0689. The van der Waals surface area contributed by atoms with Crippen molar-refractivity contribution in [2.75, 3.05) is 0 Å². The normalized spacial score (nSPS) is 10.1. The first kappa shape index (κ1) is 12.3. The van der Waals surface area contributed by atoms with E-state index in [-0.39, 0.29) is 22.3 Å². The highest BCUT2D eigenvalue weighted by Gasteiger charge is 2.10. The summed E-state index contributed by atoms with van der Waals surface area (Å²) >= 11 is 5.58. The molecule has 0 radical (unpaired) electrons. The van der Waals surface area contributed by atoms with E-state index in [1.807, 2.05) is 0 Å². The van der Waals surface area contributed by atoms with Gasteiger partial charge in [0.25, 0.3) is 0 Å². The Morgan fingerprint density at radius 1 is 1.28 bits per heavy atom. The summed E-state index contributed by atoms with van der Waals surface area (Å²) in [5, 5.41) is 15.4. The first-order chi connectivity index (χ1) is 8.58. The number of ether oxygens (including phenoxy) is 1. The number of nitrogens with zero attached hydrogens (tertiary/aromatic N) is 2. The predicted octanol–water partition coefficient (Wildman–Crippen LogP) is 2.76. The summed E-state index contributed by atoms with van der Waals surface area (Å²) in [5.74, 6) is -2.06. The third kappa shape index (κ3) is 2.54. The first-order valence-electron chi connectivity index (χ1n) is 4.77. The van der Waals surface area contributed by atoms with Gasteiger partial charge in [-0.1, -0.05) is 17.7 Å². The minimum atomic E-state index is -1.21. The lowest BCUT2D eigenvalue weighted by Crippen LogP contribution is -2.02. The van der Waals surface area contributed by atoms with Crippen LogP contribution in [0, 0.1) is 5.82 Å². The standard InChI is InChI=1S/C11H6ClFN2O3/c12-6-2-1-3-8(10(6)13)18-9-5-4-7(11(16)17)14-15-9/h1-5H,(H,16,17). The maximum atomic E-state index is 13.5. The molecule has 0 spiro atoms. The molecule has 0 aliphatic carbocycles. The molecule has 0 saturated heterocycles. The monoisotopic (exact) mass is 268 g/mol. The molecule has 2 aromatic rings. The van der Waals surface area contributed by atoms with Crippen molar-refractivity contribution < 1.29 is 19.0 Å². The lowest BCUT2D eigenvalue weighted by atomic mass is 10.3. The van der Waals surface area contributed by atoms with Crippen LogP contribution < -0.4 is 4.74 Å². The Balaban J connectivity index is 2.24. The van der Waals surface area contributed by atoms with Crippen molar-refractivity contribution in [3.05, 3.63) is 46.9 Å². The summed E-state index contributed by atoms with van der Waals surface area (Å²) in [6.45, 7) is 0. The molecular formula is C11H6ClFN2O3. The zero-order chi connectivity index (χ0) is 13.1. The highest BCUT2D eigenvalue weighted by Crippen LogP contribution is 2.27. The van der Waals surface area contributed by atoms with Crippen LogP contribution in [0.3, 0.4) is 0 Å². The van der Waals surface area contributed by atoms with Gasteiger partial charge in [-0.3, -0.25) is 0 Å². The largest absolute Gasteiger partial charge is 0.476 e. The molecule has 2 rings (SSSR count). The van der Waals surface area contributed by atoms with Gasteiger partial charge in [-0.2, -0.15) is 0 Å². The van der Waals surface area contributed by atoms with Crippen LogP contribution in [0.25, 0.3) is 0 Å². The first-order valence-corrected chi connectivity index (χ1v) is 5.14. The quantitative estimate of drug-likeness (QED) is 0.927. The molecule has 0 aliphatic rings. The third-order valence-corrected chi connectivity index (χ3v) is 2.28. The molecule has 1 aromatic carbocycles. The van der Waals surface area contributed by atoms with Crippen molar-refractivity contribution in [1.82, 2.24) is 10.2 Å². The Labute approximate surface area is 106 Å². The molecule has 0 aliphatic heterocycles. The molecule has 18 heavy (non-hydrogen) atoms. The van der Waals surface area contributed by atoms with Crippen LogP contribution in [0.4, 0.5) is 4.39 Å². The topological polar surface area (TPSA) is 72.3 Å². The highest BCUT2D eigenvalue weighted by molar-refractivity contribution is 6.30. The minimum absolute atomic E-state index is 0.0267. The van der Waals surface area contributed by atoms with Crippen LogP contribution in [0.15, 0.2) is 30.3 Å². The van der Waals surface area contributed by atoms with Crippen LogP contribution in [-0.4, -0.2) is 21.3 Å². The number of carboxylic acid groups (broad SMARTS) is 1. The van der Waals surface area contributed by atoms with Gasteiger partial charge in [0.05, 0.1) is 5.02 Å². The van der Waals surface area contributed by atoms with E-state index >= 15 is 0 Å². The summed E-state index contributed by atoms with van der Waals surface area (Å²) in [6, 6.07) is 6.74. The predicted molar refractivity (Wildman–Crippen MR) is 60.5 cm³/mol. The van der Waals surface area contributed by atoms with Gasteiger partial charge in [0, 0.05) is 6.07 Å². The smallest absolute Gasteiger partial charge is 0.356 e. The molecule has 5 nitrogen and oxygen atoms in total. The fourth-order valence-corrected chi connectivity index (χ4v) is 1.33. The Hall–Kier alpha value is -2.21. The number of hydrogen-bond acceptors (Lipinski definition) is 4. The summed E-state index contributed by atoms with van der Waals surface area (Å²) < 4.78 is 18.6. The Morgan fingerprint density at radius 3 is 2.67 bits per heavy atom. The Bertz CT molecular complexity index is 589. The van der Waals surface area contributed by atoms with E-state index in [9.17, 15) is 9.18 Å². The molecule has 0 unspecified atom stereocenters. The van der Waals surface area contributed by atoms with Crippen molar-refractivity contribution in [2.24, 2.45) is 0 Å². The highest BCUT2D eigenvalue weighted by atomic mass is 35.5. The number of carbonyl (C=O) groups is 1. The summed E-state index contributed by atoms with van der Waals surface area (Å²) in [6.07, 6.45) is 0. The van der Waals surface area contributed by atoms with Gasteiger partial charge in [-0.05, 0) is 18.2 Å². The van der Waals surface area contributed by atoms with Crippen LogP contribution in [0.1, 0.15) is 10.5 Å². The lowest BCUT2D eigenvalue weighted by Gasteiger charge is -2.05. The van der Waals surface area contributed by atoms with Crippen molar-refractivity contribution in [2.45, 2.75) is 0 Å². The van der Waals surface area contributed by atoms with Gasteiger partial charge in [0.2, 0.25) is 5.88 Å².